The molecule has 0 aliphatic carbocycles. The molecule has 3 N–H and O–H groups in total. The number of halogens is 1. The van der Waals surface area contributed by atoms with Gasteiger partial charge < -0.3 is 25.2 Å². The van der Waals surface area contributed by atoms with Gasteiger partial charge in [0.05, 0.1) is 13.2 Å². The van der Waals surface area contributed by atoms with Crippen molar-refractivity contribution in [3.63, 3.8) is 0 Å². The third-order valence-electron chi connectivity index (χ3n) is 4.38. The summed E-state index contributed by atoms with van der Waals surface area (Å²) >= 11 is 3.36. The molecule has 0 saturated carbocycles. The van der Waals surface area contributed by atoms with Gasteiger partial charge in [0.1, 0.15) is 18.7 Å². The SMILES string of the molecule is COC(=O)[C@H](Cc1cccc(Br)c1)NC(=O)[C@@H](NC(=O)OCc1ccccc1)[C@@H](C)O. The van der Waals surface area contributed by atoms with Crippen LogP contribution >= 0.6 is 15.9 Å². The fourth-order valence-corrected chi connectivity index (χ4v) is 3.24. The summed E-state index contributed by atoms with van der Waals surface area (Å²) in [6.45, 7) is 1.36. The van der Waals surface area contributed by atoms with Crippen LogP contribution < -0.4 is 10.6 Å². The number of carbonyl (C=O) groups is 3. The van der Waals surface area contributed by atoms with Gasteiger partial charge in [-0.3, -0.25) is 4.79 Å². The number of alkyl carbamates (subject to hydrolysis) is 1. The maximum Gasteiger partial charge on any atom is 0.408 e. The van der Waals surface area contributed by atoms with Gasteiger partial charge >= 0.3 is 12.1 Å². The second-order valence-electron chi connectivity index (χ2n) is 6.84. The Bertz CT molecular complexity index is 891. The second kappa shape index (κ2) is 12.1. The Balaban J connectivity index is 2.02. The lowest BCUT2D eigenvalue weighted by Crippen LogP contribution is -2.56. The third kappa shape index (κ3) is 8.03. The predicted molar refractivity (Wildman–Crippen MR) is 117 cm³/mol. The standard InChI is InChI=1S/C22H25BrN2O6/c1-14(26)19(25-22(29)31-13-15-7-4-3-5-8-15)20(27)24-18(21(28)30-2)12-16-9-6-10-17(23)11-16/h3-11,14,18-19,26H,12-13H2,1-2H3,(H,24,27)(H,25,29)/t14-,18+,19+/m1/s1. The number of esters is 1. The number of carbonyl (C=O) groups excluding carboxylic acids is 3. The smallest absolute Gasteiger partial charge is 0.408 e. The van der Waals surface area contributed by atoms with Gasteiger partial charge in [0.25, 0.3) is 0 Å². The number of nitrogens with one attached hydrogen (secondary N) is 2. The van der Waals surface area contributed by atoms with Crippen molar-refractivity contribution in [1.82, 2.24) is 10.6 Å². The van der Waals surface area contributed by atoms with E-state index in [1.54, 1.807) is 36.4 Å². The molecule has 0 aromatic heterocycles. The van der Waals surface area contributed by atoms with Gasteiger partial charge in [-0.1, -0.05) is 58.4 Å². The zero-order valence-electron chi connectivity index (χ0n) is 17.2. The summed E-state index contributed by atoms with van der Waals surface area (Å²) in [4.78, 5) is 37.0. The summed E-state index contributed by atoms with van der Waals surface area (Å²) in [5, 5.41) is 14.9. The number of amides is 2. The Kier molecular flexibility index (Phi) is 9.48. The van der Waals surface area contributed by atoms with Crippen molar-refractivity contribution in [3.8, 4) is 0 Å². The Hall–Kier alpha value is -2.91. The molecular formula is C22H25BrN2O6. The van der Waals surface area contributed by atoms with E-state index in [0.29, 0.717) is 0 Å². The van der Waals surface area contributed by atoms with E-state index in [-0.39, 0.29) is 13.0 Å². The zero-order chi connectivity index (χ0) is 22.8. The van der Waals surface area contributed by atoms with E-state index in [1.807, 2.05) is 18.2 Å². The lowest BCUT2D eigenvalue weighted by atomic mass is 10.0. The van der Waals surface area contributed by atoms with Crippen LogP contribution in [0.2, 0.25) is 0 Å². The summed E-state index contributed by atoms with van der Waals surface area (Å²) in [6, 6.07) is 14.0. The molecule has 9 heteroatoms. The maximum atomic E-state index is 12.7. The van der Waals surface area contributed by atoms with E-state index in [4.69, 9.17) is 9.47 Å². The molecule has 2 amide bonds. The molecule has 0 unspecified atom stereocenters. The third-order valence-corrected chi connectivity index (χ3v) is 4.88. The fraction of sp³-hybridized carbons (Fsp3) is 0.318. The Morgan fingerprint density at radius 1 is 1.03 bits per heavy atom. The second-order valence-corrected chi connectivity index (χ2v) is 7.76. The highest BCUT2D eigenvalue weighted by Crippen LogP contribution is 2.14. The topological polar surface area (TPSA) is 114 Å². The van der Waals surface area contributed by atoms with Gasteiger partial charge in [-0.2, -0.15) is 0 Å². The number of methoxy groups -OCH3 is 1. The normalized spacial score (nSPS) is 13.4. The first-order chi connectivity index (χ1) is 14.8. The molecular weight excluding hydrogens is 468 g/mol. The summed E-state index contributed by atoms with van der Waals surface area (Å²) in [5.41, 5.74) is 1.56. The van der Waals surface area contributed by atoms with Gasteiger partial charge in [-0.25, -0.2) is 9.59 Å². The molecule has 0 bridgehead atoms. The van der Waals surface area contributed by atoms with Crippen LogP contribution in [-0.4, -0.2) is 48.4 Å². The van der Waals surface area contributed by atoms with Crippen LogP contribution in [0.1, 0.15) is 18.1 Å². The number of aliphatic hydroxyl groups is 1. The molecule has 31 heavy (non-hydrogen) atoms. The number of rotatable bonds is 9. The summed E-state index contributed by atoms with van der Waals surface area (Å²) in [6.07, 6.45) is -1.93. The predicted octanol–water partition coefficient (Wildman–Crippen LogP) is 2.33. The van der Waals surface area contributed by atoms with Crippen molar-refractivity contribution >= 4 is 33.9 Å². The van der Waals surface area contributed by atoms with Crippen LogP contribution in [0.25, 0.3) is 0 Å². The molecule has 0 heterocycles. The summed E-state index contributed by atoms with van der Waals surface area (Å²) in [5.74, 6) is -1.39. The largest absolute Gasteiger partial charge is 0.467 e. The number of hydrogen-bond donors (Lipinski definition) is 3. The van der Waals surface area contributed by atoms with Crippen LogP contribution in [0.4, 0.5) is 4.79 Å². The van der Waals surface area contributed by atoms with Crippen molar-refractivity contribution in [1.29, 1.82) is 0 Å². The molecule has 3 atom stereocenters. The molecule has 0 radical (unpaired) electrons. The van der Waals surface area contributed by atoms with E-state index in [1.165, 1.54) is 14.0 Å². The number of benzene rings is 2. The lowest BCUT2D eigenvalue weighted by Gasteiger charge is -2.24. The van der Waals surface area contributed by atoms with Gasteiger partial charge in [-0.15, -0.1) is 0 Å². The molecule has 0 aliphatic heterocycles. The first-order valence-electron chi connectivity index (χ1n) is 9.58. The van der Waals surface area contributed by atoms with Gasteiger partial charge in [0.15, 0.2) is 0 Å². The zero-order valence-corrected chi connectivity index (χ0v) is 18.8. The molecule has 166 valence electrons. The lowest BCUT2D eigenvalue weighted by molar-refractivity contribution is -0.145. The molecule has 8 nitrogen and oxygen atoms in total. The first-order valence-corrected chi connectivity index (χ1v) is 10.4. The summed E-state index contributed by atoms with van der Waals surface area (Å²) < 4.78 is 10.7. The Morgan fingerprint density at radius 3 is 2.32 bits per heavy atom. The van der Waals surface area contributed by atoms with Crippen molar-refractivity contribution in [2.75, 3.05) is 7.11 Å². The Morgan fingerprint density at radius 2 is 1.71 bits per heavy atom. The highest BCUT2D eigenvalue weighted by Gasteiger charge is 2.30. The van der Waals surface area contributed by atoms with Gasteiger partial charge in [0.2, 0.25) is 5.91 Å². The van der Waals surface area contributed by atoms with Crippen LogP contribution in [-0.2, 0) is 32.1 Å². The Labute approximate surface area is 189 Å². The monoisotopic (exact) mass is 492 g/mol. The fourth-order valence-electron chi connectivity index (χ4n) is 2.79. The minimum absolute atomic E-state index is 0.00843. The minimum Gasteiger partial charge on any atom is -0.467 e. The summed E-state index contributed by atoms with van der Waals surface area (Å²) in [7, 11) is 1.22. The maximum absolute atomic E-state index is 12.7. The highest BCUT2D eigenvalue weighted by atomic mass is 79.9. The number of ether oxygens (including phenoxy) is 2. The van der Waals surface area contributed by atoms with Gasteiger partial charge in [0, 0.05) is 10.9 Å². The first kappa shape index (κ1) is 24.4. The molecule has 2 aromatic rings. The van der Waals surface area contributed by atoms with Crippen molar-refractivity contribution in [2.45, 2.75) is 38.1 Å². The minimum atomic E-state index is -1.32. The molecule has 0 saturated heterocycles. The van der Waals surface area contributed by atoms with E-state index in [0.717, 1.165) is 15.6 Å². The molecule has 0 aliphatic rings. The average molecular weight is 493 g/mol. The molecule has 2 rings (SSSR count). The molecule has 0 fully saturated rings. The van der Waals surface area contributed by atoms with E-state index in [9.17, 15) is 19.5 Å². The number of hydrogen-bond acceptors (Lipinski definition) is 6. The quantitative estimate of drug-likeness (QED) is 0.462. The van der Waals surface area contributed by atoms with Crippen LogP contribution in [0.15, 0.2) is 59.1 Å². The highest BCUT2D eigenvalue weighted by molar-refractivity contribution is 9.10. The van der Waals surface area contributed by atoms with Crippen LogP contribution in [0.3, 0.4) is 0 Å². The molecule has 2 aromatic carbocycles. The average Bonchev–Trinajstić information content (AvgIpc) is 2.75. The number of aliphatic hydroxyl groups excluding tert-OH is 1. The van der Waals surface area contributed by atoms with E-state index >= 15 is 0 Å². The van der Waals surface area contributed by atoms with E-state index < -0.39 is 36.2 Å². The van der Waals surface area contributed by atoms with Gasteiger partial charge in [-0.05, 0) is 30.2 Å². The van der Waals surface area contributed by atoms with Crippen LogP contribution in [0.5, 0.6) is 0 Å². The van der Waals surface area contributed by atoms with Crippen LogP contribution in [0, 0.1) is 0 Å². The van der Waals surface area contributed by atoms with Crippen molar-refractivity contribution in [2.24, 2.45) is 0 Å². The van der Waals surface area contributed by atoms with Crippen molar-refractivity contribution < 1.29 is 29.0 Å². The molecule has 0 spiro atoms. The van der Waals surface area contributed by atoms with Crippen molar-refractivity contribution in [3.05, 3.63) is 70.2 Å². The van der Waals surface area contributed by atoms with E-state index in [2.05, 4.69) is 26.6 Å².